The Kier molecular flexibility index (Phi) is 6.53. The van der Waals surface area contributed by atoms with Gasteiger partial charge in [-0.15, -0.1) is 0 Å². The van der Waals surface area contributed by atoms with E-state index in [0.29, 0.717) is 28.6 Å². The van der Waals surface area contributed by atoms with Gasteiger partial charge < -0.3 is 15.6 Å². The molecule has 168 valence electrons. The highest BCUT2D eigenvalue weighted by atomic mass is 16.5. The minimum atomic E-state index is -1.18. The lowest BCUT2D eigenvalue weighted by Gasteiger charge is -2.26. The van der Waals surface area contributed by atoms with E-state index in [1.54, 1.807) is 18.2 Å². The number of ether oxygens (including phenoxy) is 1. The fourth-order valence-corrected chi connectivity index (χ4v) is 3.64. The van der Waals surface area contributed by atoms with Crippen LogP contribution in [0.25, 0.3) is 21.9 Å². The molecule has 0 radical (unpaired) electrons. The molecule has 2 amide bonds. The van der Waals surface area contributed by atoms with Crippen LogP contribution in [0.15, 0.2) is 47.3 Å². The van der Waals surface area contributed by atoms with E-state index in [2.05, 4.69) is 0 Å². The van der Waals surface area contributed by atoms with E-state index in [4.69, 9.17) is 10.5 Å². The van der Waals surface area contributed by atoms with Crippen molar-refractivity contribution in [3.05, 3.63) is 58.4 Å². The molecule has 3 aromatic rings. The van der Waals surface area contributed by atoms with Crippen LogP contribution in [0.5, 0.6) is 5.75 Å². The third-order valence-electron chi connectivity index (χ3n) is 5.09. The molecule has 0 aliphatic rings. The second-order valence-electron chi connectivity index (χ2n) is 8.18. The van der Waals surface area contributed by atoms with E-state index >= 15 is 0 Å². The highest BCUT2D eigenvalue weighted by molar-refractivity contribution is 6.05. The normalized spacial score (nSPS) is 11.0. The molecule has 2 aromatic carbocycles. The zero-order valence-corrected chi connectivity index (χ0v) is 18.6. The van der Waals surface area contributed by atoms with Gasteiger partial charge in [0.25, 0.3) is 11.5 Å². The molecule has 8 heteroatoms. The van der Waals surface area contributed by atoms with Gasteiger partial charge in [0.2, 0.25) is 0 Å². The van der Waals surface area contributed by atoms with Gasteiger partial charge >= 0.3 is 6.09 Å². The quantitative estimate of drug-likeness (QED) is 0.586. The van der Waals surface area contributed by atoms with E-state index in [-0.39, 0.29) is 23.9 Å². The largest absolute Gasteiger partial charge is 0.484 e. The summed E-state index contributed by atoms with van der Waals surface area (Å²) in [7, 11) is 1.42. The number of carbonyl (C=O) groups excluding carboxylic acids is 1. The average Bonchev–Trinajstić information content (AvgIpc) is 2.73. The number of fused-ring (bicyclic) bond motifs is 1. The number of anilines is 1. The van der Waals surface area contributed by atoms with Crippen molar-refractivity contribution in [2.45, 2.75) is 27.3 Å². The van der Waals surface area contributed by atoms with Crippen LogP contribution in [-0.2, 0) is 11.3 Å². The summed E-state index contributed by atoms with van der Waals surface area (Å²) in [5, 5.41) is 10.8. The Labute approximate surface area is 185 Å². The van der Waals surface area contributed by atoms with Crippen molar-refractivity contribution in [1.82, 2.24) is 4.57 Å². The first-order valence-corrected chi connectivity index (χ1v) is 10.3. The highest BCUT2D eigenvalue weighted by Crippen LogP contribution is 2.38. The first-order chi connectivity index (χ1) is 15.1. The number of nitrogens with two attached hydrogens (primary N) is 1. The molecule has 1 heterocycles. The van der Waals surface area contributed by atoms with Crippen LogP contribution in [-0.4, -0.2) is 35.3 Å². The summed E-state index contributed by atoms with van der Waals surface area (Å²) in [6.45, 7) is 5.93. The predicted molar refractivity (Wildman–Crippen MR) is 124 cm³/mol. The first-order valence-electron chi connectivity index (χ1n) is 10.3. The van der Waals surface area contributed by atoms with Gasteiger partial charge in [0, 0.05) is 29.9 Å². The number of hydrogen-bond donors (Lipinski definition) is 2. The van der Waals surface area contributed by atoms with Crippen molar-refractivity contribution in [2.75, 3.05) is 18.6 Å². The number of rotatable bonds is 7. The molecule has 0 fully saturated rings. The zero-order chi connectivity index (χ0) is 23.6. The maximum Gasteiger partial charge on any atom is 0.412 e. The van der Waals surface area contributed by atoms with Gasteiger partial charge in [-0.1, -0.05) is 43.7 Å². The maximum atomic E-state index is 13.5. The fraction of sp³-hybridized carbons (Fsp3) is 0.292. The molecule has 3 rings (SSSR count). The standard InChI is InChI=1S/C24H27N3O5/c1-14(2)12-27-22(26(4)24(30)31)21(16-7-5-15(3)6-8-16)19-11-17(32-13-20(25)28)9-10-18(19)23(27)29/h5-11,14H,12-13H2,1-4H3,(H2,25,28)(H,30,31). The number of aromatic nitrogens is 1. The van der Waals surface area contributed by atoms with Crippen LogP contribution in [0.2, 0.25) is 0 Å². The number of nitrogens with zero attached hydrogens (tertiary/aromatic N) is 2. The minimum Gasteiger partial charge on any atom is -0.484 e. The second-order valence-corrected chi connectivity index (χ2v) is 8.18. The van der Waals surface area contributed by atoms with Gasteiger partial charge in [0.1, 0.15) is 11.6 Å². The van der Waals surface area contributed by atoms with Gasteiger partial charge in [0.15, 0.2) is 6.61 Å². The van der Waals surface area contributed by atoms with Crippen LogP contribution in [0.3, 0.4) is 0 Å². The van der Waals surface area contributed by atoms with Crippen LogP contribution < -0.4 is 20.9 Å². The Morgan fingerprint density at radius 3 is 2.34 bits per heavy atom. The van der Waals surface area contributed by atoms with Gasteiger partial charge in [0.05, 0.1) is 0 Å². The van der Waals surface area contributed by atoms with Crippen LogP contribution in [0, 0.1) is 12.8 Å². The van der Waals surface area contributed by atoms with E-state index in [1.165, 1.54) is 11.6 Å². The molecule has 0 unspecified atom stereocenters. The Balaban J connectivity index is 2.45. The fourth-order valence-electron chi connectivity index (χ4n) is 3.64. The Hall–Kier alpha value is -3.81. The zero-order valence-electron chi connectivity index (χ0n) is 18.6. The summed E-state index contributed by atoms with van der Waals surface area (Å²) in [4.78, 5) is 37.7. The van der Waals surface area contributed by atoms with Gasteiger partial charge in [-0.25, -0.2) is 4.79 Å². The van der Waals surface area contributed by atoms with Gasteiger partial charge in [-0.05, 0) is 36.6 Å². The number of amides is 2. The Bertz CT molecular complexity index is 1230. The molecule has 0 saturated heterocycles. The van der Waals surface area contributed by atoms with E-state index in [0.717, 1.165) is 16.0 Å². The average molecular weight is 437 g/mol. The molecule has 0 aliphatic heterocycles. The van der Waals surface area contributed by atoms with E-state index in [9.17, 15) is 19.5 Å². The molecule has 0 spiro atoms. The molecular weight excluding hydrogens is 410 g/mol. The number of primary amides is 1. The molecule has 8 nitrogen and oxygen atoms in total. The lowest BCUT2D eigenvalue weighted by atomic mass is 9.97. The first kappa shape index (κ1) is 22.9. The van der Waals surface area contributed by atoms with E-state index in [1.807, 2.05) is 45.0 Å². The molecular formula is C24H27N3O5. The summed E-state index contributed by atoms with van der Waals surface area (Å²) in [6.07, 6.45) is -1.18. The van der Waals surface area contributed by atoms with Crippen molar-refractivity contribution in [2.24, 2.45) is 11.7 Å². The number of hydrogen-bond acceptors (Lipinski definition) is 4. The van der Waals surface area contributed by atoms with Crippen molar-refractivity contribution in [3.8, 4) is 16.9 Å². The predicted octanol–water partition coefficient (Wildman–Crippen LogP) is 3.61. The lowest BCUT2D eigenvalue weighted by molar-refractivity contribution is -0.119. The van der Waals surface area contributed by atoms with Crippen LogP contribution in [0.4, 0.5) is 10.6 Å². The van der Waals surface area contributed by atoms with Gasteiger partial charge in [-0.2, -0.15) is 0 Å². The summed E-state index contributed by atoms with van der Waals surface area (Å²) in [6, 6.07) is 12.5. The molecule has 0 aliphatic carbocycles. The summed E-state index contributed by atoms with van der Waals surface area (Å²) in [5.74, 6) is 0.117. The maximum absolute atomic E-state index is 13.5. The summed E-state index contributed by atoms with van der Waals surface area (Å²) < 4.78 is 6.97. The van der Waals surface area contributed by atoms with Crippen LogP contribution >= 0.6 is 0 Å². The number of carboxylic acid groups (broad SMARTS) is 1. The SMILES string of the molecule is Cc1ccc(-c2c(N(C)C(=O)O)n(CC(C)C)c(=O)c3ccc(OCC(N)=O)cc23)cc1. The number of benzene rings is 2. The summed E-state index contributed by atoms with van der Waals surface area (Å²) in [5.41, 5.74) is 7.29. The summed E-state index contributed by atoms with van der Waals surface area (Å²) >= 11 is 0. The Morgan fingerprint density at radius 1 is 1.12 bits per heavy atom. The van der Waals surface area contributed by atoms with Crippen molar-refractivity contribution >= 4 is 28.6 Å². The smallest absolute Gasteiger partial charge is 0.412 e. The minimum absolute atomic E-state index is 0.107. The number of carbonyl (C=O) groups is 2. The number of aryl methyl sites for hydroxylation is 1. The highest BCUT2D eigenvalue weighted by Gasteiger charge is 2.25. The molecule has 0 atom stereocenters. The second kappa shape index (κ2) is 9.13. The molecule has 3 N–H and O–H groups in total. The molecule has 32 heavy (non-hydrogen) atoms. The van der Waals surface area contributed by atoms with Crippen molar-refractivity contribution < 1.29 is 19.4 Å². The van der Waals surface area contributed by atoms with Gasteiger partial charge in [-0.3, -0.25) is 19.1 Å². The van der Waals surface area contributed by atoms with Crippen molar-refractivity contribution in [3.63, 3.8) is 0 Å². The third kappa shape index (κ3) is 4.59. The lowest BCUT2D eigenvalue weighted by Crippen LogP contribution is -2.34. The number of pyridine rings is 1. The van der Waals surface area contributed by atoms with Crippen LogP contribution in [0.1, 0.15) is 19.4 Å². The Morgan fingerprint density at radius 2 is 1.78 bits per heavy atom. The molecule has 1 aromatic heterocycles. The topological polar surface area (TPSA) is 115 Å². The van der Waals surface area contributed by atoms with E-state index < -0.39 is 12.0 Å². The van der Waals surface area contributed by atoms with Crippen molar-refractivity contribution in [1.29, 1.82) is 0 Å². The molecule has 0 saturated carbocycles. The third-order valence-corrected chi connectivity index (χ3v) is 5.09. The molecule has 0 bridgehead atoms. The monoisotopic (exact) mass is 437 g/mol.